The highest BCUT2D eigenvalue weighted by molar-refractivity contribution is 8.00. The molecule has 2 rings (SSSR count). The van der Waals surface area contributed by atoms with E-state index < -0.39 is 0 Å². The molecule has 0 aliphatic carbocycles. The van der Waals surface area contributed by atoms with E-state index in [0.717, 1.165) is 30.3 Å². The van der Waals surface area contributed by atoms with Gasteiger partial charge in [0.2, 0.25) is 0 Å². The van der Waals surface area contributed by atoms with Crippen molar-refractivity contribution in [1.82, 2.24) is 15.2 Å². The van der Waals surface area contributed by atoms with Gasteiger partial charge >= 0.3 is 0 Å². The molecule has 5 nitrogen and oxygen atoms in total. The molecule has 1 amide bonds. The van der Waals surface area contributed by atoms with E-state index in [1.54, 1.807) is 0 Å². The Bertz CT molecular complexity index is 427. The largest absolute Gasteiger partial charge is 0.389 e. The Balaban J connectivity index is 1.96. The lowest BCUT2D eigenvalue weighted by atomic mass is 10.1. The Labute approximate surface area is 115 Å². The van der Waals surface area contributed by atoms with Crippen molar-refractivity contribution in [3.05, 3.63) is 5.69 Å². The number of amides is 1. The van der Waals surface area contributed by atoms with Crippen LogP contribution in [0.2, 0.25) is 0 Å². The number of likely N-dealkylation sites (tertiary alicyclic amines) is 1. The minimum atomic E-state index is -0.140. The van der Waals surface area contributed by atoms with Crippen LogP contribution in [0.3, 0.4) is 0 Å². The second kappa shape index (κ2) is 5.90. The average Bonchev–Trinajstić information content (AvgIpc) is 2.73. The summed E-state index contributed by atoms with van der Waals surface area (Å²) in [6, 6.07) is 0.243. The molecule has 1 aliphatic rings. The van der Waals surface area contributed by atoms with Gasteiger partial charge in [-0.25, -0.2) is 4.98 Å². The number of carbonyl (C=O) groups excluding carboxylic acids is 1. The van der Waals surface area contributed by atoms with Crippen LogP contribution in [0, 0.1) is 0 Å². The number of aromatic nitrogens is 1. The molecule has 1 fully saturated rings. The molecule has 0 atom stereocenters. The van der Waals surface area contributed by atoms with Crippen molar-refractivity contribution in [3.63, 3.8) is 0 Å². The first-order chi connectivity index (χ1) is 8.60. The Morgan fingerprint density at radius 1 is 1.56 bits per heavy atom. The predicted molar refractivity (Wildman–Crippen MR) is 76.3 cm³/mol. The summed E-state index contributed by atoms with van der Waals surface area (Å²) in [6.45, 7) is 2.04. The molecule has 0 saturated carbocycles. The zero-order valence-corrected chi connectivity index (χ0v) is 12.2. The number of nitrogen functional groups attached to an aromatic ring is 1. The molecule has 7 heteroatoms. The van der Waals surface area contributed by atoms with E-state index in [0.29, 0.717) is 10.7 Å². The van der Waals surface area contributed by atoms with Crippen LogP contribution >= 0.6 is 23.1 Å². The van der Waals surface area contributed by atoms with Crippen molar-refractivity contribution < 1.29 is 4.79 Å². The zero-order valence-electron chi connectivity index (χ0n) is 10.6. The average molecular weight is 286 g/mol. The van der Waals surface area contributed by atoms with Gasteiger partial charge in [-0.3, -0.25) is 4.79 Å². The lowest BCUT2D eigenvalue weighted by Gasteiger charge is -2.29. The maximum atomic E-state index is 12.1. The minimum Gasteiger partial charge on any atom is -0.389 e. The lowest BCUT2D eigenvalue weighted by Crippen LogP contribution is -2.43. The Morgan fingerprint density at radius 3 is 2.78 bits per heavy atom. The Kier molecular flexibility index (Phi) is 4.47. The van der Waals surface area contributed by atoms with E-state index in [2.05, 4.69) is 22.2 Å². The molecule has 0 radical (unpaired) electrons. The monoisotopic (exact) mass is 286 g/mol. The first kappa shape index (κ1) is 13.6. The Morgan fingerprint density at radius 2 is 2.22 bits per heavy atom. The van der Waals surface area contributed by atoms with Crippen molar-refractivity contribution in [2.45, 2.75) is 23.2 Å². The standard InChI is InChI=1S/C11H18N4OS2/c1-15-5-3-7(4-6-15)13-10(16)8-9(12)18-11(14-8)17-2/h7H,3-6,12H2,1-2H3,(H,13,16). The minimum absolute atomic E-state index is 0.140. The maximum absolute atomic E-state index is 12.1. The van der Waals surface area contributed by atoms with E-state index in [9.17, 15) is 4.79 Å². The molecule has 1 aliphatic heterocycles. The third-order valence-electron chi connectivity index (χ3n) is 3.08. The van der Waals surface area contributed by atoms with E-state index in [4.69, 9.17) is 5.73 Å². The Hall–Kier alpha value is -0.790. The van der Waals surface area contributed by atoms with Gasteiger partial charge in [-0.05, 0) is 39.2 Å². The number of hydrogen-bond acceptors (Lipinski definition) is 6. The number of thioether (sulfide) groups is 1. The molecule has 0 unspecified atom stereocenters. The van der Waals surface area contributed by atoms with Crippen LogP contribution in [0.1, 0.15) is 23.3 Å². The molecule has 2 heterocycles. The molecule has 1 aromatic heterocycles. The number of thiazole rings is 1. The summed E-state index contributed by atoms with van der Waals surface area (Å²) in [5.41, 5.74) is 6.20. The molecule has 3 N–H and O–H groups in total. The number of rotatable bonds is 3. The van der Waals surface area contributed by atoms with Crippen LogP contribution in [0.15, 0.2) is 4.34 Å². The van der Waals surface area contributed by atoms with E-state index in [-0.39, 0.29) is 11.9 Å². The van der Waals surface area contributed by atoms with Crippen LogP contribution < -0.4 is 11.1 Å². The van der Waals surface area contributed by atoms with Gasteiger partial charge in [-0.15, -0.1) is 0 Å². The fourth-order valence-electron chi connectivity index (χ4n) is 1.97. The molecular weight excluding hydrogens is 268 g/mol. The number of nitrogens with two attached hydrogens (primary N) is 1. The molecular formula is C11H18N4OS2. The topological polar surface area (TPSA) is 71.2 Å². The quantitative estimate of drug-likeness (QED) is 0.819. The summed E-state index contributed by atoms with van der Waals surface area (Å²) >= 11 is 2.87. The second-order valence-electron chi connectivity index (χ2n) is 4.45. The number of carbonyl (C=O) groups is 1. The van der Waals surface area contributed by atoms with Crippen LogP contribution in [-0.2, 0) is 0 Å². The summed E-state index contributed by atoms with van der Waals surface area (Å²) in [4.78, 5) is 18.6. The summed E-state index contributed by atoms with van der Waals surface area (Å²) in [7, 11) is 2.10. The summed E-state index contributed by atoms with van der Waals surface area (Å²) in [5, 5.41) is 3.53. The van der Waals surface area contributed by atoms with Gasteiger partial charge in [-0.2, -0.15) is 0 Å². The number of nitrogens with zero attached hydrogens (tertiary/aromatic N) is 2. The normalized spacial score (nSPS) is 17.9. The van der Waals surface area contributed by atoms with Crippen molar-refractivity contribution in [3.8, 4) is 0 Å². The van der Waals surface area contributed by atoms with Gasteiger partial charge in [0, 0.05) is 6.04 Å². The highest BCUT2D eigenvalue weighted by Gasteiger charge is 2.22. The first-order valence-electron chi connectivity index (χ1n) is 5.90. The summed E-state index contributed by atoms with van der Waals surface area (Å²) in [6.07, 6.45) is 3.90. The predicted octanol–water partition coefficient (Wildman–Crippen LogP) is 1.27. The zero-order chi connectivity index (χ0) is 13.1. The molecule has 1 saturated heterocycles. The van der Waals surface area contributed by atoms with E-state index >= 15 is 0 Å². The SMILES string of the molecule is CSc1nc(C(=O)NC2CCN(C)CC2)c(N)s1. The van der Waals surface area contributed by atoms with Gasteiger partial charge < -0.3 is 16.0 Å². The van der Waals surface area contributed by atoms with Crippen molar-refractivity contribution in [2.24, 2.45) is 0 Å². The van der Waals surface area contributed by atoms with E-state index in [1.807, 2.05) is 6.26 Å². The molecule has 1 aromatic rings. The highest BCUT2D eigenvalue weighted by Crippen LogP contribution is 2.27. The van der Waals surface area contributed by atoms with Crippen LogP contribution in [0.5, 0.6) is 0 Å². The summed E-state index contributed by atoms with van der Waals surface area (Å²) < 4.78 is 0.834. The van der Waals surface area contributed by atoms with Gasteiger partial charge in [-0.1, -0.05) is 23.1 Å². The van der Waals surface area contributed by atoms with Gasteiger partial charge in [0.25, 0.3) is 5.91 Å². The molecule has 0 aromatic carbocycles. The molecule has 18 heavy (non-hydrogen) atoms. The van der Waals surface area contributed by atoms with Crippen LogP contribution in [0.4, 0.5) is 5.00 Å². The van der Waals surface area contributed by atoms with E-state index in [1.165, 1.54) is 23.1 Å². The number of nitrogens with one attached hydrogen (secondary N) is 1. The van der Waals surface area contributed by atoms with Gasteiger partial charge in [0.1, 0.15) is 5.00 Å². The van der Waals surface area contributed by atoms with Crippen molar-refractivity contribution in [2.75, 3.05) is 32.1 Å². The molecule has 100 valence electrons. The van der Waals surface area contributed by atoms with Crippen LogP contribution in [0.25, 0.3) is 0 Å². The van der Waals surface area contributed by atoms with Crippen molar-refractivity contribution in [1.29, 1.82) is 0 Å². The lowest BCUT2D eigenvalue weighted by molar-refractivity contribution is 0.0913. The third kappa shape index (κ3) is 3.15. The summed E-state index contributed by atoms with van der Waals surface area (Å²) in [5.74, 6) is -0.140. The first-order valence-corrected chi connectivity index (χ1v) is 7.94. The van der Waals surface area contributed by atoms with Crippen LogP contribution in [-0.4, -0.2) is 48.2 Å². The molecule has 0 spiro atoms. The maximum Gasteiger partial charge on any atom is 0.273 e. The molecule has 0 bridgehead atoms. The number of anilines is 1. The third-order valence-corrected chi connectivity index (χ3v) is 4.95. The fraction of sp³-hybridized carbons (Fsp3) is 0.636. The highest BCUT2D eigenvalue weighted by atomic mass is 32.2. The second-order valence-corrected chi connectivity index (χ2v) is 6.53. The van der Waals surface area contributed by atoms with Crippen molar-refractivity contribution >= 4 is 34.0 Å². The number of piperidine rings is 1. The number of hydrogen-bond donors (Lipinski definition) is 2. The smallest absolute Gasteiger partial charge is 0.273 e. The van der Waals surface area contributed by atoms with Gasteiger partial charge in [0.15, 0.2) is 10.0 Å². The fourth-order valence-corrected chi connectivity index (χ4v) is 3.31. The van der Waals surface area contributed by atoms with Gasteiger partial charge in [0.05, 0.1) is 0 Å².